The molecule has 0 bridgehead atoms. The number of aromatic hydroxyl groups is 1. The van der Waals surface area contributed by atoms with Gasteiger partial charge in [-0.25, -0.2) is 19.5 Å². The third-order valence-electron chi connectivity index (χ3n) is 5.15. The summed E-state index contributed by atoms with van der Waals surface area (Å²) >= 11 is 0. The van der Waals surface area contributed by atoms with Crippen molar-refractivity contribution < 1.29 is 9.90 Å². The van der Waals surface area contributed by atoms with E-state index in [-0.39, 0.29) is 5.75 Å². The second-order valence-corrected chi connectivity index (χ2v) is 7.20. The Bertz CT molecular complexity index is 1260. The maximum absolute atomic E-state index is 13.2. The summed E-state index contributed by atoms with van der Waals surface area (Å²) < 4.78 is 1.63. The van der Waals surface area contributed by atoms with Gasteiger partial charge in [0.15, 0.2) is 5.82 Å². The van der Waals surface area contributed by atoms with E-state index in [1.165, 1.54) is 5.01 Å². The predicted molar refractivity (Wildman–Crippen MR) is 118 cm³/mol. The van der Waals surface area contributed by atoms with E-state index >= 15 is 0 Å². The lowest BCUT2D eigenvalue weighted by molar-refractivity contribution is 0.199. The van der Waals surface area contributed by atoms with E-state index in [1.54, 1.807) is 66.0 Å². The molecule has 4 heterocycles. The van der Waals surface area contributed by atoms with Crippen LogP contribution in [-0.2, 0) is 0 Å². The maximum atomic E-state index is 13.2. The molecule has 9 nitrogen and oxygen atoms in total. The summed E-state index contributed by atoms with van der Waals surface area (Å²) in [5.41, 5.74) is 2.69. The van der Waals surface area contributed by atoms with Crippen molar-refractivity contribution in [2.24, 2.45) is 5.10 Å². The second-order valence-electron chi connectivity index (χ2n) is 7.20. The van der Waals surface area contributed by atoms with Crippen LogP contribution in [0.25, 0.3) is 5.82 Å². The molecule has 32 heavy (non-hydrogen) atoms. The van der Waals surface area contributed by atoms with E-state index in [0.29, 0.717) is 29.2 Å². The molecule has 2 N–H and O–H groups in total. The van der Waals surface area contributed by atoms with Crippen LogP contribution in [0.5, 0.6) is 5.75 Å². The molecule has 3 aromatic heterocycles. The molecule has 1 unspecified atom stereocenters. The third kappa shape index (κ3) is 3.79. The van der Waals surface area contributed by atoms with Crippen molar-refractivity contribution >= 4 is 17.4 Å². The summed E-state index contributed by atoms with van der Waals surface area (Å²) in [7, 11) is 0. The number of anilines is 1. The molecule has 1 aliphatic rings. The number of para-hydroxylation sites is 1. The minimum Gasteiger partial charge on any atom is -0.508 e. The number of nitrogens with zero attached hydrogens (tertiary/aromatic N) is 6. The Kier molecular flexibility index (Phi) is 5.04. The van der Waals surface area contributed by atoms with Gasteiger partial charge in [-0.15, -0.1) is 0 Å². The summed E-state index contributed by atoms with van der Waals surface area (Å²) in [6, 6.07) is 15.1. The number of hydrogen-bond acceptors (Lipinski definition) is 6. The Hall–Kier alpha value is -4.53. The largest absolute Gasteiger partial charge is 0.508 e. The van der Waals surface area contributed by atoms with E-state index in [2.05, 4.69) is 25.5 Å². The first-order valence-electron chi connectivity index (χ1n) is 10.0. The first-order chi connectivity index (χ1) is 15.7. The van der Waals surface area contributed by atoms with Crippen LogP contribution in [0, 0.1) is 0 Å². The highest BCUT2D eigenvalue weighted by molar-refractivity contribution is 6.03. The highest BCUT2D eigenvalue weighted by Gasteiger charge is 2.34. The molecule has 2 amide bonds. The molecule has 0 saturated carbocycles. The number of hydrogen-bond donors (Lipinski definition) is 2. The topological polar surface area (TPSA) is 109 Å². The summed E-state index contributed by atoms with van der Waals surface area (Å²) in [4.78, 5) is 21.7. The molecule has 1 atom stereocenters. The van der Waals surface area contributed by atoms with Crippen molar-refractivity contribution in [2.45, 2.75) is 12.5 Å². The lowest BCUT2D eigenvalue weighted by atomic mass is 9.98. The number of rotatable bonds is 4. The molecular formula is C23H19N7O2. The SMILES string of the molecule is O=C(Nc1ccc(-n2cccn2)nc1)N1N=C(c2cccnc2)CC1c1ccccc1O. The number of amides is 2. The van der Waals surface area contributed by atoms with E-state index in [4.69, 9.17) is 0 Å². The Morgan fingerprint density at radius 3 is 2.66 bits per heavy atom. The minimum absolute atomic E-state index is 0.114. The number of pyridine rings is 2. The van der Waals surface area contributed by atoms with Crippen molar-refractivity contribution in [3.63, 3.8) is 0 Å². The van der Waals surface area contributed by atoms with Crippen molar-refractivity contribution in [1.82, 2.24) is 24.8 Å². The van der Waals surface area contributed by atoms with Gasteiger partial charge in [-0.05, 0) is 30.3 Å². The van der Waals surface area contributed by atoms with Gasteiger partial charge in [-0.3, -0.25) is 4.98 Å². The van der Waals surface area contributed by atoms with E-state index in [9.17, 15) is 9.90 Å². The molecule has 0 radical (unpaired) electrons. The Morgan fingerprint density at radius 1 is 1.03 bits per heavy atom. The van der Waals surface area contributed by atoms with Crippen LogP contribution in [0.4, 0.5) is 10.5 Å². The fraction of sp³-hybridized carbons (Fsp3) is 0.0870. The number of urea groups is 1. The highest BCUT2D eigenvalue weighted by Crippen LogP contribution is 2.37. The number of phenolic OH excluding ortho intramolecular Hbond substituents is 1. The average molecular weight is 425 g/mol. The van der Waals surface area contributed by atoms with Gasteiger partial charge in [-0.1, -0.05) is 24.3 Å². The Morgan fingerprint density at radius 2 is 1.94 bits per heavy atom. The van der Waals surface area contributed by atoms with Gasteiger partial charge in [0.25, 0.3) is 0 Å². The zero-order valence-electron chi connectivity index (χ0n) is 16.9. The number of aromatic nitrogens is 4. The van der Waals surface area contributed by atoms with Crippen LogP contribution in [0.1, 0.15) is 23.6 Å². The lowest BCUT2D eigenvalue weighted by Crippen LogP contribution is -2.31. The van der Waals surface area contributed by atoms with Crippen LogP contribution in [0.2, 0.25) is 0 Å². The average Bonchev–Trinajstić information content (AvgIpc) is 3.51. The summed E-state index contributed by atoms with van der Waals surface area (Å²) in [5, 5.41) is 23.3. The highest BCUT2D eigenvalue weighted by atomic mass is 16.3. The zero-order chi connectivity index (χ0) is 21.9. The summed E-state index contributed by atoms with van der Waals surface area (Å²) in [5.74, 6) is 0.751. The predicted octanol–water partition coefficient (Wildman–Crippen LogP) is 3.75. The van der Waals surface area contributed by atoms with Gasteiger partial charge < -0.3 is 10.4 Å². The van der Waals surface area contributed by atoms with E-state index < -0.39 is 12.1 Å². The Balaban J connectivity index is 1.42. The number of carbonyl (C=O) groups is 1. The summed E-state index contributed by atoms with van der Waals surface area (Å²) in [6.07, 6.45) is 8.86. The number of nitrogens with one attached hydrogen (secondary N) is 1. The van der Waals surface area contributed by atoms with Crippen molar-refractivity contribution in [1.29, 1.82) is 0 Å². The second kappa shape index (κ2) is 8.31. The molecule has 1 aliphatic heterocycles. The molecule has 0 spiro atoms. The standard InChI is InChI=1S/C23H19N7O2/c31-21-7-2-1-6-18(21)20-13-19(16-5-3-10-24-14-16)28-30(20)23(32)27-17-8-9-22(25-15-17)29-12-4-11-26-29/h1-12,14-15,20,31H,13H2,(H,27,32). The first-order valence-corrected chi connectivity index (χ1v) is 10.0. The molecule has 4 aromatic rings. The van der Waals surface area contributed by atoms with Crippen molar-refractivity contribution in [3.05, 3.63) is 96.7 Å². The molecule has 1 aromatic carbocycles. The van der Waals surface area contributed by atoms with Crippen LogP contribution >= 0.6 is 0 Å². The van der Waals surface area contributed by atoms with E-state index in [1.807, 2.05) is 24.3 Å². The minimum atomic E-state index is -0.456. The smallest absolute Gasteiger partial charge is 0.342 e. The monoisotopic (exact) mass is 425 g/mol. The Labute approximate surface area is 183 Å². The molecule has 9 heteroatoms. The van der Waals surface area contributed by atoms with Crippen LogP contribution < -0.4 is 5.32 Å². The van der Waals surface area contributed by atoms with Crippen LogP contribution in [-0.4, -0.2) is 41.6 Å². The number of benzene rings is 1. The van der Waals surface area contributed by atoms with Crippen LogP contribution in [0.15, 0.2) is 90.7 Å². The third-order valence-corrected chi connectivity index (χ3v) is 5.15. The number of phenols is 1. The first kappa shape index (κ1) is 19.4. The van der Waals surface area contributed by atoms with E-state index in [0.717, 1.165) is 5.56 Å². The van der Waals surface area contributed by atoms with Gasteiger partial charge in [0, 0.05) is 42.3 Å². The van der Waals surface area contributed by atoms with Gasteiger partial charge in [-0.2, -0.15) is 10.2 Å². The van der Waals surface area contributed by atoms with Gasteiger partial charge in [0.05, 0.1) is 23.6 Å². The fourth-order valence-corrected chi connectivity index (χ4v) is 3.60. The van der Waals surface area contributed by atoms with Crippen molar-refractivity contribution in [2.75, 3.05) is 5.32 Å². The lowest BCUT2D eigenvalue weighted by Gasteiger charge is -2.23. The maximum Gasteiger partial charge on any atom is 0.342 e. The molecule has 0 aliphatic carbocycles. The molecular weight excluding hydrogens is 406 g/mol. The van der Waals surface area contributed by atoms with Gasteiger partial charge in [0.2, 0.25) is 0 Å². The van der Waals surface area contributed by atoms with Gasteiger partial charge >= 0.3 is 6.03 Å². The quantitative estimate of drug-likeness (QED) is 0.518. The van der Waals surface area contributed by atoms with Crippen molar-refractivity contribution in [3.8, 4) is 11.6 Å². The van der Waals surface area contributed by atoms with Crippen LogP contribution in [0.3, 0.4) is 0 Å². The number of carbonyl (C=O) groups excluding carboxylic acids is 1. The molecule has 5 rings (SSSR count). The number of hydrazone groups is 1. The summed E-state index contributed by atoms with van der Waals surface area (Å²) in [6.45, 7) is 0. The molecule has 0 saturated heterocycles. The van der Waals surface area contributed by atoms with Gasteiger partial charge in [0.1, 0.15) is 5.75 Å². The normalized spacial score (nSPS) is 15.4. The molecule has 0 fully saturated rings. The zero-order valence-corrected chi connectivity index (χ0v) is 16.9. The molecule has 158 valence electrons. The fourth-order valence-electron chi connectivity index (χ4n) is 3.60.